The van der Waals surface area contributed by atoms with Crippen molar-refractivity contribution in [2.75, 3.05) is 19.7 Å². The number of nitrogens with zero attached hydrogens (tertiary/aromatic N) is 1. The van der Waals surface area contributed by atoms with Crippen molar-refractivity contribution >= 4 is 41.3 Å². The molecule has 0 fully saturated rings. The number of aliphatic hydroxyl groups excluding tert-OH is 1. The molecule has 4 N–H and O–H groups in total. The third-order valence-corrected chi connectivity index (χ3v) is 2.58. The van der Waals surface area contributed by atoms with E-state index in [9.17, 15) is 0 Å². The van der Waals surface area contributed by atoms with Crippen LogP contribution in [0.3, 0.4) is 0 Å². The molecule has 0 atom stereocenters. The van der Waals surface area contributed by atoms with E-state index in [1.807, 2.05) is 6.07 Å². The zero-order chi connectivity index (χ0) is 10.2. The Morgan fingerprint density at radius 1 is 1.60 bits per heavy atom. The number of aliphatic imine (C=N–C) groups is 1. The SMILES string of the molecule is I.NC(=NCCO)NCCc1cccs1. The molecule has 0 saturated carbocycles. The van der Waals surface area contributed by atoms with Crippen LogP contribution in [0.1, 0.15) is 4.88 Å². The molecule has 6 heteroatoms. The molecule has 1 aromatic rings. The van der Waals surface area contributed by atoms with Gasteiger partial charge in [-0.2, -0.15) is 0 Å². The maximum atomic E-state index is 8.50. The van der Waals surface area contributed by atoms with Gasteiger partial charge in [-0.3, -0.25) is 4.99 Å². The normalized spacial score (nSPS) is 10.9. The van der Waals surface area contributed by atoms with Gasteiger partial charge in [-0.05, 0) is 17.9 Å². The average molecular weight is 341 g/mol. The molecule has 0 bridgehead atoms. The highest BCUT2D eigenvalue weighted by Crippen LogP contribution is 2.07. The van der Waals surface area contributed by atoms with Crippen molar-refractivity contribution in [3.05, 3.63) is 22.4 Å². The second kappa shape index (κ2) is 8.93. The van der Waals surface area contributed by atoms with E-state index in [2.05, 4.69) is 21.8 Å². The fraction of sp³-hybridized carbons (Fsp3) is 0.444. The second-order valence-corrected chi connectivity index (χ2v) is 3.78. The minimum absolute atomic E-state index is 0. The van der Waals surface area contributed by atoms with Crippen molar-refractivity contribution in [3.8, 4) is 0 Å². The Bertz CT molecular complexity index is 277. The van der Waals surface area contributed by atoms with Crippen LogP contribution in [0.4, 0.5) is 0 Å². The van der Waals surface area contributed by atoms with Gasteiger partial charge in [0.05, 0.1) is 13.2 Å². The predicted octanol–water partition coefficient (Wildman–Crippen LogP) is 0.805. The van der Waals surface area contributed by atoms with Gasteiger partial charge in [0.2, 0.25) is 0 Å². The Morgan fingerprint density at radius 2 is 2.40 bits per heavy atom. The van der Waals surface area contributed by atoms with E-state index in [0.29, 0.717) is 12.5 Å². The number of halogens is 1. The van der Waals surface area contributed by atoms with Crippen molar-refractivity contribution in [2.24, 2.45) is 10.7 Å². The topological polar surface area (TPSA) is 70.6 Å². The van der Waals surface area contributed by atoms with Gasteiger partial charge in [0, 0.05) is 11.4 Å². The van der Waals surface area contributed by atoms with Gasteiger partial charge in [0.25, 0.3) is 0 Å². The number of hydrogen-bond donors (Lipinski definition) is 3. The minimum atomic E-state index is 0. The number of guanidine groups is 1. The Morgan fingerprint density at radius 3 is 3.00 bits per heavy atom. The minimum Gasteiger partial charge on any atom is -0.394 e. The summed E-state index contributed by atoms with van der Waals surface area (Å²) in [6.07, 6.45) is 0.951. The first kappa shape index (κ1) is 14.7. The lowest BCUT2D eigenvalue weighted by molar-refractivity contribution is 0.306. The lowest BCUT2D eigenvalue weighted by Gasteiger charge is -2.03. The second-order valence-electron chi connectivity index (χ2n) is 2.75. The van der Waals surface area contributed by atoms with Crippen molar-refractivity contribution in [3.63, 3.8) is 0 Å². The zero-order valence-corrected chi connectivity index (χ0v) is 11.5. The van der Waals surface area contributed by atoms with Gasteiger partial charge < -0.3 is 16.2 Å². The highest BCUT2D eigenvalue weighted by atomic mass is 127. The third kappa shape index (κ3) is 6.69. The van der Waals surface area contributed by atoms with Crippen LogP contribution < -0.4 is 11.1 Å². The largest absolute Gasteiger partial charge is 0.394 e. The Hall–Kier alpha value is -0.340. The molecule has 4 nitrogen and oxygen atoms in total. The summed E-state index contributed by atoms with van der Waals surface area (Å²) in [6.45, 7) is 1.17. The van der Waals surface area contributed by atoms with Crippen molar-refractivity contribution in [1.29, 1.82) is 0 Å². The molecular formula is C9H16IN3OS. The Balaban J connectivity index is 0.00000196. The molecule has 1 heterocycles. The highest BCUT2D eigenvalue weighted by molar-refractivity contribution is 14.0. The standard InChI is InChI=1S/C9H15N3OS.HI/c10-9(12-5-6-13)11-4-3-8-2-1-7-14-8;/h1-2,7,13H,3-6H2,(H3,10,11,12);1H. The first-order valence-corrected chi connectivity index (χ1v) is 5.38. The molecule has 0 aliphatic rings. The first-order valence-electron chi connectivity index (χ1n) is 4.50. The van der Waals surface area contributed by atoms with E-state index in [4.69, 9.17) is 10.8 Å². The lowest BCUT2D eigenvalue weighted by Crippen LogP contribution is -2.33. The smallest absolute Gasteiger partial charge is 0.188 e. The quantitative estimate of drug-likeness (QED) is 0.422. The lowest BCUT2D eigenvalue weighted by atomic mass is 10.3. The van der Waals surface area contributed by atoms with Crippen LogP contribution in [-0.4, -0.2) is 30.8 Å². The molecule has 0 unspecified atom stereocenters. The zero-order valence-electron chi connectivity index (χ0n) is 8.35. The van der Waals surface area contributed by atoms with Crippen LogP contribution in [0.15, 0.2) is 22.5 Å². The van der Waals surface area contributed by atoms with E-state index >= 15 is 0 Å². The molecule has 0 radical (unpaired) electrons. The maximum Gasteiger partial charge on any atom is 0.188 e. The van der Waals surface area contributed by atoms with E-state index in [1.165, 1.54) is 4.88 Å². The molecule has 0 aliphatic carbocycles. The van der Waals surface area contributed by atoms with Crippen LogP contribution >= 0.6 is 35.3 Å². The predicted molar refractivity (Wildman–Crippen MR) is 75.0 cm³/mol. The number of aliphatic hydroxyl groups is 1. The van der Waals surface area contributed by atoms with E-state index in [0.717, 1.165) is 13.0 Å². The molecule has 15 heavy (non-hydrogen) atoms. The number of nitrogens with two attached hydrogens (primary N) is 1. The molecule has 0 aliphatic heterocycles. The van der Waals surface area contributed by atoms with Crippen LogP contribution in [-0.2, 0) is 6.42 Å². The van der Waals surface area contributed by atoms with Gasteiger partial charge in [-0.15, -0.1) is 35.3 Å². The summed E-state index contributed by atoms with van der Waals surface area (Å²) < 4.78 is 0. The summed E-state index contributed by atoms with van der Waals surface area (Å²) in [4.78, 5) is 5.22. The molecule has 86 valence electrons. The summed E-state index contributed by atoms with van der Waals surface area (Å²) in [5, 5.41) is 13.5. The fourth-order valence-corrected chi connectivity index (χ4v) is 1.70. The van der Waals surface area contributed by atoms with Gasteiger partial charge in [0.15, 0.2) is 5.96 Å². The van der Waals surface area contributed by atoms with Crippen LogP contribution in [0.2, 0.25) is 0 Å². The van der Waals surface area contributed by atoms with Crippen LogP contribution in [0.5, 0.6) is 0 Å². The molecule has 0 amide bonds. The molecule has 0 saturated heterocycles. The number of rotatable bonds is 5. The number of nitrogens with one attached hydrogen (secondary N) is 1. The van der Waals surface area contributed by atoms with Gasteiger partial charge in [-0.1, -0.05) is 6.07 Å². The molecular weight excluding hydrogens is 325 g/mol. The van der Waals surface area contributed by atoms with Gasteiger partial charge in [-0.25, -0.2) is 0 Å². The average Bonchev–Trinajstić information content (AvgIpc) is 2.67. The van der Waals surface area contributed by atoms with Gasteiger partial charge in [0.1, 0.15) is 0 Å². The first-order chi connectivity index (χ1) is 6.83. The molecule has 0 spiro atoms. The van der Waals surface area contributed by atoms with Crippen molar-refractivity contribution in [2.45, 2.75) is 6.42 Å². The third-order valence-electron chi connectivity index (χ3n) is 1.64. The molecule has 1 rings (SSSR count). The molecule has 0 aromatic carbocycles. The van der Waals surface area contributed by atoms with E-state index in [-0.39, 0.29) is 30.6 Å². The summed E-state index contributed by atoms with van der Waals surface area (Å²) in [6, 6.07) is 4.12. The fourth-order valence-electron chi connectivity index (χ4n) is 0.995. The Kier molecular flexibility index (Phi) is 8.73. The monoisotopic (exact) mass is 341 g/mol. The van der Waals surface area contributed by atoms with Gasteiger partial charge >= 0.3 is 0 Å². The summed E-state index contributed by atoms with van der Waals surface area (Å²) in [5.74, 6) is 0.399. The number of thiophene rings is 1. The maximum absolute atomic E-state index is 8.50. The Labute approximate surface area is 111 Å². The van der Waals surface area contributed by atoms with E-state index in [1.54, 1.807) is 11.3 Å². The van der Waals surface area contributed by atoms with Crippen LogP contribution in [0, 0.1) is 0 Å². The van der Waals surface area contributed by atoms with Crippen molar-refractivity contribution < 1.29 is 5.11 Å². The summed E-state index contributed by atoms with van der Waals surface area (Å²) in [7, 11) is 0. The summed E-state index contributed by atoms with van der Waals surface area (Å²) in [5.41, 5.74) is 5.53. The highest BCUT2D eigenvalue weighted by Gasteiger charge is 1.94. The summed E-state index contributed by atoms with van der Waals surface area (Å²) >= 11 is 1.73. The van der Waals surface area contributed by atoms with Crippen LogP contribution in [0.25, 0.3) is 0 Å². The van der Waals surface area contributed by atoms with E-state index < -0.39 is 0 Å². The van der Waals surface area contributed by atoms with Crippen molar-refractivity contribution in [1.82, 2.24) is 5.32 Å². The number of hydrogen-bond acceptors (Lipinski definition) is 3. The molecule has 1 aromatic heterocycles.